The lowest BCUT2D eigenvalue weighted by atomic mass is 10.1. The van der Waals surface area contributed by atoms with Gasteiger partial charge in [0.2, 0.25) is 5.78 Å². The van der Waals surface area contributed by atoms with Crippen molar-refractivity contribution in [2.45, 2.75) is 26.8 Å². The first kappa shape index (κ1) is 11.0. The molecule has 3 nitrogen and oxygen atoms in total. The van der Waals surface area contributed by atoms with E-state index >= 15 is 0 Å². The molecule has 4 heteroatoms. The molecule has 0 unspecified atom stereocenters. The van der Waals surface area contributed by atoms with Gasteiger partial charge in [-0.25, -0.2) is 0 Å². The highest BCUT2D eigenvalue weighted by atomic mass is 35.5. The molecular weight excluding hydrogens is 200 g/mol. The van der Waals surface area contributed by atoms with E-state index in [9.17, 15) is 4.79 Å². The normalized spacial score (nSPS) is 10.6. The van der Waals surface area contributed by atoms with Gasteiger partial charge in [-0.3, -0.25) is 9.48 Å². The largest absolute Gasteiger partial charge is 0.287 e. The Kier molecular flexibility index (Phi) is 3.11. The van der Waals surface area contributed by atoms with Gasteiger partial charge < -0.3 is 0 Å². The van der Waals surface area contributed by atoms with E-state index in [1.165, 1.54) is 6.20 Å². The molecule has 0 aliphatic heterocycles. The second kappa shape index (κ2) is 3.96. The summed E-state index contributed by atoms with van der Waals surface area (Å²) in [5.74, 6) is -0.152. The summed E-state index contributed by atoms with van der Waals surface area (Å²) in [7, 11) is 0. The lowest BCUT2D eigenvalue weighted by Gasteiger charge is -2.09. The van der Waals surface area contributed by atoms with Crippen molar-refractivity contribution in [1.29, 1.82) is 0 Å². The molecule has 0 aromatic carbocycles. The minimum Gasteiger partial charge on any atom is -0.287 e. The summed E-state index contributed by atoms with van der Waals surface area (Å²) in [6, 6.07) is 0.112. The highest BCUT2D eigenvalue weighted by molar-refractivity contribution is 6.34. The average Bonchev–Trinajstić information content (AvgIpc) is 2.45. The fourth-order valence-corrected chi connectivity index (χ4v) is 1.36. The Morgan fingerprint density at radius 2 is 2.21 bits per heavy atom. The van der Waals surface area contributed by atoms with Gasteiger partial charge in [0.05, 0.1) is 11.2 Å². The van der Waals surface area contributed by atoms with Gasteiger partial charge in [0, 0.05) is 6.04 Å². The first-order valence-electron chi connectivity index (χ1n) is 4.38. The smallest absolute Gasteiger partial charge is 0.207 e. The molecule has 0 radical (unpaired) electrons. The molecule has 0 atom stereocenters. The van der Waals surface area contributed by atoms with Crippen molar-refractivity contribution in [3.8, 4) is 0 Å². The first-order valence-corrected chi connectivity index (χ1v) is 4.76. The van der Waals surface area contributed by atoms with Crippen LogP contribution in [0.25, 0.3) is 0 Å². The predicted molar refractivity (Wildman–Crippen MR) is 56.8 cm³/mol. The zero-order chi connectivity index (χ0) is 10.9. The van der Waals surface area contributed by atoms with Gasteiger partial charge in [-0.2, -0.15) is 5.10 Å². The number of carbonyl (C=O) groups excluding carboxylic acids is 1. The quantitative estimate of drug-likeness (QED) is 0.571. The summed E-state index contributed by atoms with van der Waals surface area (Å²) < 4.78 is 1.61. The van der Waals surface area contributed by atoms with Crippen molar-refractivity contribution >= 4 is 17.4 Å². The van der Waals surface area contributed by atoms with Gasteiger partial charge in [0.25, 0.3) is 0 Å². The molecule has 0 N–H and O–H groups in total. The van der Waals surface area contributed by atoms with Crippen LogP contribution in [0.15, 0.2) is 18.3 Å². The Labute approximate surface area is 88.4 Å². The van der Waals surface area contributed by atoms with E-state index in [-0.39, 0.29) is 11.8 Å². The number of allylic oxidation sites excluding steroid dienone is 1. The standard InChI is InChI=1S/C10H13ClN2O/c1-6(2)10(14)9-8(11)5-12-13(9)7(3)4/h5,7H,1H2,2-4H3. The van der Waals surface area contributed by atoms with Crippen LogP contribution >= 0.6 is 11.6 Å². The molecule has 1 heterocycles. The van der Waals surface area contributed by atoms with E-state index in [1.807, 2.05) is 13.8 Å². The minimum atomic E-state index is -0.152. The lowest BCUT2D eigenvalue weighted by Crippen LogP contribution is -2.13. The Morgan fingerprint density at radius 3 is 2.64 bits per heavy atom. The third-order valence-corrected chi connectivity index (χ3v) is 2.12. The van der Waals surface area contributed by atoms with E-state index < -0.39 is 0 Å². The van der Waals surface area contributed by atoms with E-state index in [2.05, 4.69) is 11.7 Å². The van der Waals surface area contributed by atoms with Gasteiger partial charge in [0.1, 0.15) is 5.69 Å². The monoisotopic (exact) mass is 212 g/mol. The molecular formula is C10H13ClN2O. The van der Waals surface area contributed by atoms with E-state index in [1.54, 1.807) is 11.6 Å². The predicted octanol–water partition coefficient (Wildman–Crippen LogP) is 2.88. The number of Topliss-reactive ketones (excluding diaryl/α,β-unsaturated/α-hetero) is 1. The highest BCUT2D eigenvalue weighted by Crippen LogP contribution is 2.21. The van der Waals surface area contributed by atoms with E-state index in [0.717, 1.165) is 0 Å². The molecule has 1 rings (SSSR count). The summed E-state index contributed by atoms with van der Waals surface area (Å²) >= 11 is 5.88. The molecule has 0 saturated heterocycles. The minimum absolute atomic E-state index is 0.112. The second-order valence-electron chi connectivity index (χ2n) is 3.49. The maximum atomic E-state index is 11.7. The SMILES string of the molecule is C=C(C)C(=O)c1c(Cl)cnn1C(C)C. The van der Waals surface area contributed by atoms with Crippen LogP contribution in [0.1, 0.15) is 37.3 Å². The first-order chi connectivity index (χ1) is 6.45. The molecule has 0 fully saturated rings. The summed E-state index contributed by atoms with van der Waals surface area (Å²) in [4.78, 5) is 11.7. The Bertz CT molecular complexity index is 379. The van der Waals surface area contributed by atoms with Gasteiger partial charge in [-0.05, 0) is 26.3 Å². The summed E-state index contributed by atoms with van der Waals surface area (Å²) in [5.41, 5.74) is 0.892. The number of nitrogens with zero attached hydrogens (tertiary/aromatic N) is 2. The van der Waals surface area contributed by atoms with Crippen molar-refractivity contribution in [2.75, 3.05) is 0 Å². The Morgan fingerprint density at radius 1 is 1.64 bits per heavy atom. The molecule has 0 aliphatic rings. The van der Waals surface area contributed by atoms with Crippen LogP contribution in [0.2, 0.25) is 5.02 Å². The second-order valence-corrected chi connectivity index (χ2v) is 3.90. The van der Waals surface area contributed by atoms with Crippen LogP contribution in [0.4, 0.5) is 0 Å². The number of aromatic nitrogens is 2. The topological polar surface area (TPSA) is 34.9 Å². The summed E-state index contributed by atoms with van der Waals surface area (Å²) in [6.45, 7) is 9.15. The zero-order valence-electron chi connectivity index (χ0n) is 8.54. The molecule has 0 spiro atoms. The van der Waals surface area contributed by atoms with E-state index in [0.29, 0.717) is 16.3 Å². The number of hydrogen-bond donors (Lipinski definition) is 0. The van der Waals surface area contributed by atoms with Gasteiger partial charge >= 0.3 is 0 Å². The maximum absolute atomic E-state index is 11.7. The van der Waals surface area contributed by atoms with Crippen molar-refractivity contribution < 1.29 is 4.79 Å². The van der Waals surface area contributed by atoms with Gasteiger partial charge in [-0.1, -0.05) is 18.2 Å². The Hall–Kier alpha value is -1.09. The molecule has 0 amide bonds. The molecule has 76 valence electrons. The number of carbonyl (C=O) groups is 1. The maximum Gasteiger partial charge on any atom is 0.207 e. The number of hydrogen-bond acceptors (Lipinski definition) is 2. The lowest BCUT2D eigenvalue weighted by molar-refractivity contribution is 0.102. The molecule has 0 saturated carbocycles. The van der Waals surface area contributed by atoms with Crippen LogP contribution in [0.5, 0.6) is 0 Å². The molecule has 14 heavy (non-hydrogen) atoms. The zero-order valence-corrected chi connectivity index (χ0v) is 9.30. The van der Waals surface area contributed by atoms with Gasteiger partial charge in [0.15, 0.2) is 0 Å². The molecule has 1 aromatic heterocycles. The van der Waals surface area contributed by atoms with Crippen molar-refractivity contribution in [2.24, 2.45) is 0 Å². The van der Waals surface area contributed by atoms with Crippen LogP contribution in [-0.2, 0) is 0 Å². The number of halogens is 1. The summed E-state index contributed by atoms with van der Waals surface area (Å²) in [6.07, 6.45) is 1.48. The average molecular weight is 213 g/mol. The van der Waals surface area contributed by atoms with Crippen LogP contribution in [0.3, 0.4) is 0 Å². The van der Waals surface area contributed by atoms with Crippen LogP contribution < -0.4 is 0 Å². The summed E-state index contributed by atoms with van der Waals surface area (Å²) in [5, 5.41) is 4.42. The Balaban J connectivity index is 3.24. The van der Waals surface area contributed by atoms with Crippen molar-refractivity contribution in [3.05, 3.63) is 29.1 Å². The molecule has 0 aliphatic carbocycles. The highest BCUT2D eigenvalue weighted by Gasteiger charge is 2.19. The number of ketones is 1. The van der Waals surface area contributed by atoms with Crippen LogP contribution in [0, 0.1) is 0 Å². The fraction of sp³-hybridized carbons (Fsp3) is 0.400. The van der Waals surface area contributed by atoms with Crippen molar-refractivity contribution in [1.82, 2.24) is 9.78 Å². The third-order valence-electron chi connectivity index (χ3n) is 1.84. The van der Waals surface area contributed by atoms with E-state index in [4.69, 9.17) is 11.6 Å². The molecule has 1 aromatic rings. The van der Waals surface area contributed by atoms with Crippen molar-refractivity contribution in [3.63, 3.8) is 0 Å². The fourth-order valence-electron chi connectivity index (χ4n) is 1.15. The van der Waals surface area contributed by atoms with Crippen LogP contribution in [-0.4, -0.2) is 15.6 Å². The molecule has 0 bridgehead atoms. The third kappa shape index (κ3) is 1.87. The number of rotatable bonds is 3. The van der Waals surface area contributed by atoms with Gasteiger partial charge in [-0.15, -0.1) is 0 Å².